The molecule has 1 aliphatic rings. The zero-order valence-electron chi connectivity index (χ0n) is 9.45. The molecule has 1 aromatic heterocycles. The maximum Gasteiger partial charge on any atom is 0.252 e. The molecular weight excluding hydrogens is 284 g/mol. The van der Waals surface area contributed by atoms with Gasteiger partial charge in [-0.3, -0.25) is 4.79 Å². The minimum atomic E-state index is -0.103. The van der Waals surface area contributed by atoms with Gasteiger partial charge >= 0.3 is 0 Å². The summed E-state index contributed by atoms with van der Waals surface area (Å²) in [4.78, 5) is 15.8. The SMILES string of the molecule is O=C(NCC1(CCO)CC1)c1ccc(Br)nc1. The second-order valence-corrected chi connectivity index (χ2v) is 5.34. The van der Waals surface area contributed by atoms with Crippen molar-refractivity contribution < 1.29 is 9.90 Å². The molecule has 1 fully saturated rings. The standard InChI is InChI=1S/C12H15BrN2O2/c13-10-2-1-9(7-14-10)11(17)15-8-12(3-4-12)5-6-16/h1-2,7,16H,3-6,8H2,(H,15,17). The Bertz CT molecular complexity index is 401. The van der Waals surface area contributed by atoms with Crippen LogP contribution in [0.25, 0.3) is 0 Å². The fourth-order valence-electron chi connectivity index (χ4n) is 1.81. The highest BCUT2D eigenvalue weighted by Crippen LogP contribution is 2.47. The molecule has 0 aliphatic heterocycles. The van der Waals surface area contributed by atoms with Crippen molar-refractivity contribution in [2.45, 2.75) is 19.3 Å². The first kappa shape index (κ1) is 12.5. The summed E-state index contributed by atoms with van der Waals surface area (Å²) in [5.74, 6) is -0.103. The van der Waals surface area contributed by atoms with Crippen LogP contribution in [0.2, 0.25) is 0 Å². The molecule has 17 heavy (non-hydrogen) atoms. The Kier molecular flexibility index (Phi) is 3.79. The Hall–Kier alpha value is -0.940. The molecule has 0 spiro atoms. The summed E-state index contributed by atoms with van der Waals surface area (Å²) < 4.78 is 0.716. The third-order valence-electron chi connectivity index (χ3n) is 3.21. The van der Waals surface area contributed by atoms with Crippen LogP contribution >= 0.6 is 15.9 Å². The Balaban J connectivity index is 1.87. The van der Waals surface area contributed by atoms with Crippen molar-refractivity contribution in [3.8, 4) is 0 Å². The molecule has 0 bridgehead atoms. The number of aliphatic hydroxyl groups excluding tert-OH is 1. The Morgan fingerprint density at radius 2 is 2.29 bits per heavy atom. The van der Waals surface area contributed by atoms with Crippen molar-refractivity contribution >= 4 is 21.8 Å². The first-order valence-corrected chi connectivity index (χ1v) is 6.45. The van der Waals surface area contributed by atoms with E-state index in [2.05, 4.69) is 26.2 Å². The van der Waals surface area contributed by atoms with E-state index in [0.717, 1.165) is 19.3 Å². The van der Waals surface area contributed by atoms with Crippen LogP contribution in [0.3, 0.4) is 0 Å². The third-order valence-corrected chi connectivity index (χ3v) is 3.68. The predicted octanol–water partition coefficient (Wildman–Crippen LogP) is 1.74. The van der Waals surface area contributed by atoms with E-state index in [1.54, 1.807) is 18.3 Å². The Labute approximate surface area is 109 Å². The number of pyridine rings is 1. The summed E-state index contributed by atoms with van der Waals surface area (Å²) in [6.07, 6.45) is 4.50. The summed E-state index contributed by atoms with van der Waals surface area (Å²) >= 11 is 3.23. The zero-order chi connectivity index (χ0) is 12.3. The average Bonchev–Trinajstić information content (AvgIpc) is 3.08. The lowest BCUT2D eigenvalue weighted by Gasteiger charge is -2.14. The monoisotopic (exact) mass is 298 g/mol. The average molecular weight is 299 g/mol. The molecule has 1 amide bonds. The van der Waals surface area contributed by atoms with Gasteiger partial charge < -0.3 is 10.4 Å². The molecule has 5 heteroatoms. The van der Waals surface area contributed by atoms with Gasteiger partial charge in [-0.15, -0.1) is 0 Å². The number of rotatable bonds is 5. The van der Waals surface area contributed by atoms with Crippen LogP contribution in [-0.4, -0.2) is 29.1 Å². The molecule has 2 rings (SSSR count). The quantitative estimate of drug-likeness (QED) is 0.814. The largest absolute Gasteiger partial charge is 0.396 e. The van der Waals surface area contributed by atoms with E-state index in [-0.39, 0.29) is 17.9 Å². The summed E-state index contributed by atoms with van der Waals surface area (Å²) in [6.45, 7) is 0.832. The van der Waals surface area contributed by atoms with Crippen LogP contribution in [0.15, 0.2) is 22.9 Å². The molecule has 0 unspecified atom stereocenters. The maximum atomic E-state index is 11.8. The number of carbonyl (C=O) groups excluding carboxylic acids is 1. The van der Waals surface area contributed by atoms with Gasteiger partial charge in [0.1, 0.15) is 4.60 Å². The van der Waals surface area contributed by atoms with Gasteiger partial charge in [0.15, 0.2) is 0 Å². The number of aliphatic hydroxyl groups is 1. The van der Waals surface area contributed by atoms with Crippen LogP contribution in [-0.2, 0) is 0 Å². The second-order valence-electron chi connectivity index (χ2n) is 4.53. The Morgan fingerprint density at radius 3 is 2.82 bits per heavy atom. The van der Waals surface area contributed by atoms with Gasteiger partial charge in [0.25, 0.3) is 5.91 Å². The zero-order valence-corrected chi connectivity index (χ0v) is 11.0. The maximum absolute atomic E-state index is 11.8. The van der Waals surface area contributed by atoms with E-state index in [1.165, 1.54) is 0 Å². The minimum absolute atomic E-state index is 0.103. The smallest absolute Gasteiger partial charge is 0.252 e. The van der Waals surface area contributed by atoms with Gasteiger partial charge in [0.05, 0.1) is 5.56 Å². The normalized spacial score (nSPS) is 16.6. The van der Waals surface area contributed by atoms with E-state index in [9.17, 15) is 4.79 Å². The topological polar surface area (TPSA) is 62.2 Å². The minimum Gasteiger partial charge on any atom is -0.396 e. The number of nitrogens with one attached hydrogen (secondary N) is 1. The molecule has 0 radical (unpaired) electrons. The lowest BCUT2D eigenvalue weighted by molar-refractivity contribution is 0.0940. The van der Waals surface area contributed by atoms with Crippen molar-refractivity contribution in [2.75, 3.05) is 13.2 Å². The van der Waals surface area contributed by atoms with E-state index < -0.39 is 0 Å². The van der Waals surface area contributed by atoms with Crippen molar-refractivity contribution in [1.82, 2.24) is 10.3 Å². The molecule has 92 valence electrons. The third kappa shape index (κ3) is 3.26. The van der Waals surface area contributed by atoms with Gasteiger partial charge in [-0.1, -0.05) is 0 Å². The van der Waals surface area contributed by atoms with Crippen LogP contribution in [0, 0.1) is 5.41 Å². The molecule has 2 N–H and O–H groups in total. The van der Waals surface area contributed by atoms with Crippen molar-refractivity contribution in [3.05, 3.63) is 28.5 Å². The predicted molar refractivity (Wildman–Crippen MR) is 67.6 cm³/mol. The number of carbonyl (C=O) groups is 1. The molecule has 1 saturated carbocycles. The van der Waals surface area contributed by atoms with Gasteiger partial charge in [-0.2, -0.15) is 0 Å². The van der Waals surface area contributed by atoms with Crippen LogP contribution in [0.5, 0.6) is 0 Å². The lowest BCUT2D eigenvalue weighted by atomic mass is 10.0. The second kappa shape index (κ2) is 5.14. The van der Waals surface area contributed by atoms with Crippen LogP contribution < -0.4 is 5.32 Å². The number of nitrogens with zero attached hydrogens (tertiary/aromatic N) is 1. The molecule has 1 heterocycles. The van der Waals surface area contributed by atoms with Gasteiger partial charge in [0.2, 0.25) is 0 Å². The van der Waals surface area contributed by atoms with E-state index in [0.29, 0.717) is 16.7 Å². The molecular formula is C12H15BrN2O2. The number of aromatic nitrogens is 1. The lowest BCUT2D eigenvalue weighted by Crippen LogP contribution is -2.30. The molecule has 0 aromatic carbocycles. The number of hydrogen-bond donors (Lipinski definition) is 2. The molecule has 1 aliphatic carbocycles. The van der Waals surface area contributed by atoms with E-state index >= 15 is 0 Å². The molecule has 4 nitrogen and oxygen atoms in total. The van der Waals surface area contributed by atoms with Crippen LogP contribution in [0.1, 0.15) is 29.6 Å². The fraction of sp³-hybridized carbons (Fsp3) is 0.500. The van der Waals surface area contributed by atoms with Crippen molar-refractivity contribution in [2.24, 2.45) is 5.41 Å². The summed E-state index contributed by atoms with van der Waals surface area (Å²) in [5.41, 5.74) is 0.709. The number of amides is 1. The highest BCUT2D eigenvalue weighted by atomic mass is 79.9. The van der Waals surface area contributed by atoms with Crippen LogP contribution in [0.4, 0.5) is 0 Å². The van der Waals surface area contributed by atoms with E-state index in [4.69, 9.17) is 5.11 Å². The van der Waals surface area contributed by atoms with Gasteiger partial charge in [-0.05, 0) is 52.7 Å². The first-order chi connectivity index (χ1) is 8.15. The molecule has 0 saturated heterocycles. The number of hydrogen-bond acceptors (Lipinski definition) is 3. The van der Waals surface area contributed by atoms with Crippen molar-refractivity contribution in [3.63, 3.8) is 0 Å². The highest BCUT2D eigenvalue weighted by Gasteiger charge is 2.41. The number of halogens is 1. The van der Waals surface area contributed by atoms with E-state index in [1.807, 2.05) is 0 Å². The van der Waals surface area contributed by atoms with Gasteiger partial charge in [-0.25, -0.2) is 4.98 Å². The summed E-state index contributed by atoms with van der Waals surface area (Å²) in [6, 6.07) is 3.48. The first-order valence-electron chi connectivity index (χ1n) is 5.66. The molecule has 1 aromatic rings. The fourth-order valence-corrected chi connectivity index (χ4v) is 2.04. The van der Waals surface area contributed by atoms with Crippen molar-refractivity contribution in [1.29, 1.82) is 0 Å². The molecule has 0 atom stereocenters. The highest BCUT2D eigenvalue weighted by molar-refractivity contribution is 9.10. The van der Waals surface area contributed by atoms with Gasteiger partial charge in [0, 0.05) is 19.3 Å². The summed E-state index contributed by atoms with van der Waals surface area (Å²) in [5, 5.41) is 11.8. The Morgan fingerprint density at radius 1 is 1.53 bits per heavy atom. The summed E-state index contributed by atoms with van der Waals surface area (Å²) in [7, 11) is 0.